The van der Waals surface area contributed by atoms with E-state index >= 15 is 0 Å². The van der Waals surface area contributed by atoms with Crippen molar-refractivity contribution in [3.05, 3.63) is 48.2 Å². The van der Waals surface area contributed by atoms with Crippen molar-refractivity contribution >= 4 is 11.5 Å². The fourth-order valence-corrected chi connectivity index (χ4v) is 1.76. The Labute approximate surface area is 106 Å². The highest BCUT2D eigenvalue weighted by atomic mass is 16.3. The molecule has 0 N–H and O–H groups in total. The second-order valence-electron chi connectivity index (χ2n) is 4.05. The van der Waals surface area contributed by atoms with Crippen LogP contribution in [0, 0.1) is 0 Å². The number of furan rings is 1. The SMILES string of the molecule is CCN(Cc1ccco1)c1ccc(C(C)=O)nc1. The van der Waals surface area contributed by atoms with E-state index in [-0.39, 0.29) is 5.78 Å². The van der Waals surface area contributed by atoms with Gasteiger partial charge in [-0.15, -0.1) is 0 Å². The average molecular weight is 244 g/mol. The van der Waals surface area contributed by atoms with Gasteiger partial charge in [0, 0.05) is 13.5 Å². The second kappa shape index (κ2) is 5.49. The highest BCUT2D eigenvalue weighted by molar-refractivity contribution is 5.92. The first-order chi connectivity index (χ1) is 8.70. The first-order valence-electron chi connectivity index (χ1n) is 5.95. The Balaban J connectivity index is 2.14. The van der Waals surface area contributed by atoms with E-state index in [1.807, 2.05) is 18.2 Å². The summed E-state index contributed by atoms with van der Waals surface area (Å²) in [6.45, 7) is 5.14. The van der Waals surface area contributed by atoms with Crippen LogP contribution in [0.4, 0.5) is 5.69 Å². The fourth-order valence-electron chi connectivity index (χ4n) is 1.76. The molecule has 0 unspecified atom stereocenters. The molecule has 2 aromatic rings. The topological polar surface area (TPSA) is 46.3 Å². The lowest BCUT2D eigenvalue weighted by atomic mass is 10.2. The van der Waals surface area contributed by atoms with Gasteiger partial charge in [0.05, 0.1) is 24.7 Å². The number of Topliss-reactive ketones (excluding diaryl/α,β-unsaturated/α-hetero) is 1. The van der Waals surface area contributed by atoms with Crippen LogP contribution in [0.1, 0.15) is 30.1 Å². The molecule has 0 bridgehead atoms. The second-order valence-corrected chi connectivity index (χ2v) is 4.05. The minimum Gasteiger partial charge on any atom is -0.467 e. The minimum atomic E-state index is -0.0179. The molecule has 0 aliphatic carbocycles. The van der Waals surface area contributed by atoms with Gasteiger partial charge in [0.1, 0.15) is 11.5 Å². The molecule has 0 saturated carbocycles. The summed E-state index contributed by atoms with van der Waals surface area (Å²) in [6.07, 6.45) is 3.39. The van der Waals surface area contributed by atoms with E-state index < -0.39 is 0 Å². The molecule has 4 nitrogen and oxygen atoms in total. The summed E-state index contributed by atoms with van der Waals surface area (Å²) in [5, 5.41) is 0. The molecule has 4 heteroatoms. The van der Waals surface area contributed by atoms with Gasteiger partial charge < -0.3 is 9.32 Å². The maximum Gasteiger partial charge on any atom is 0.178 e. The van der Waals surface area contributed by atoms with Crippen molar-refractivity contribution in [2.75, 3.05) is 11.4 Å². The Morgan fingerprint density at radius 2 is 2.22 bits per heavy atom. The summed E-state index contributed by atoms with van der Waals surface area (Å²) >= 11 is 0. The number of hydrogen-bond acceptors (Lipinski definition) is 4. The van der Waals surface area contributed by atoms with Crippen molar-refractivity contribution in [3.63, 3.8) is 0 Å². The quantitative estimate of drug-likeness (QED) is 0.759. The zero-order valence-corrected chi connectivity index (χ0v) is 10.6. The maximum absolute atomic E-state index is 11.2. The molecule has 2 aromatic heterocycles. The Bertz CT molecular complexity index is 503. The molecule has 94 valence electrons. The van der Waals surface area contributed by atoms with E-state index in [0.29, 0.717) is 12.2 Å². The van der Waals surface area contributed by atoms with Crippen LogP contribution in [0.5, 0.6) is 0 Å². The number of pyridine rings is 1. The van der Waals surface area contributed by atoms with Gasteiger partial charge in [0.25, 0.3) is 0 Å². The molecule has 0 amide bonds. The molecule has 2 rings (SSSR count). The molecule has 0 aliphatic heterocycles. The normalized spacial score (nSPS) is 10.3. The van der Waals surface area contributed by atoms with E-state index in [0.717, 1.165) is 18.0 Å². The molecule has 0 radical (unpaired) electrons. The third-order valence-corrected chi connectivity index (χ3v) is 2.78. The van der Waals surface area contributed by atoms with E-state index in [1.54, 1.807) is 18.5 Å². The van der Waals surface area contributed by atoms with E-state index in [1.165, 1.54) is 6.92 Å². The molecule has 0 aliphatic rings. The first-order valence-corrected chi connectivity index (χ1v) is 5.95. The number of carbonyl (C=O) groups is 1. The molecule has 0 fully saturated rings. The summed E-state index contributed by atoms with van der Waals surface area (Å²) in [6, 6.07) is 7.49. The zero-order chi connectivity index (χ0) is 13.0. The highest BCUT2D eigenvalue weighted by Crippen LogP contribution is 2.16. The predicted octanol–water partition coefficient (Wildman–Crippen LogP) is 2.90. The Morgan fingerprint density at radius 1 is 1.39 bits per heavy atom. The van der Waals surface area contributed by atoms with Crippen molar-refractivity contribution in [2.45, 2.75) is 20.4 Å². The summed E-state index contributed by atoms with van der Waals surface area (Å²) in [4.78, 5) is 17.5. The van der Waals surface area contributed by atoms with Gasteiger partial charge in [-0.05, 0) is 31.2 Å². The predicted molar refractivity (Wildman–Crippen MR) is 69.7 cm³/mol. The summed E-state index contributed by atoms with van der Waals surface area (Å²) < 4.78 is 5.33. The van der Waals surface area contributed by atoms with Crippen molar-refractivity contribution in [2.24, 2.45) is 0 Å². The van der Waals surface area contributed by atoms with Crippen LogP contribution in [0.25, 0.3) is 0 Å². The number of rotatable bonds is 5. The van der Waals surface area contributed by atoms with Crippen LogP contribution in [0.15, 0.2) is 41.1 Å². The van der Waals surface area contributed by atoms with Crippen molar-refractivity contribution in [1.82, 2.24) is 4.98 Å². The third-order valence-electron chi connectivity index (χ3n) is 2.78. The Hall–Kier alpha value is -2.10. The number of anilines is 1. The molecule has 0 atom stereocenters. The standard InChI is InChI=1S/C14H16N2O2/c1-3-16(10-13-5-4-8-18-13)12-6-7-14(11(2)17)15-9-12/h4-9H,3,10H2,1-2H3. The Kier molecular flexibility index (Phi) is 3.77. The molecule has 0 saturated heterocycles. The highest BCUT2D eigenvalue weighted by Gasteiger charge is 2.08. The van der Waals surface area contributed by atoms with Crippen molar-refractivity contribution in [1.29, 1.82) is 0 Å². The number of carbonyl (C=O) groups excluding carboxylic acids is 1. The van der Waals surface area contributed by atoms with Gasteiger partial charge in [0.15, 0.2) is 5.78 Å². The van der Waals surface area contributed by atoms with Gasteiger partial charge in [-0.2, -0.15) is 0 Å². The molecule has 0 aromatic carbocycles. The fraction of sp³-hybridized carbons (Fsp3) is 0.286. The van der Waals surface area contributed by atoms with E-state index in [4.69, 9.17) is 4.42 Å². The lowest BCUT2D eigenvalue weighted by molar-refractivity contribution is 0.101. The third kappa shape index (κ3) is 2.77. The van der Waals surface area contributed by atoms with Crippen molar-refractivity contribution < 1.29 is 9.21 Å². The van der Waals surface area contributed by atoms with Gasteiger partial charge in [0.2, 0.25) is 0 Å². The maximum atomic E-state index is 11.2. The number of nitrogens with zero attached hydrogens (tertiary/aromatic N) is 2. The summed E-state index contributed by atoms with van der Waals surface area (Å²) in [7, 11) is 0. The van der Waals surface area contributed by atoms with Gasteiger partial charge in [-0.3, -0.25) is 9.78 Å². The van der Waals surface area contributed by atoms with Crippen LogP contribution in [-0.4, -0.2) is 17.3 Å². The molecule has 2 heterocycles. The van der Waals surface area contributed by atoms with Crippen LogP contribution in [0.3, 0.4) is 0 Å². The Morgan fingerprint density at radius 3 is 2.72 bits per heavy atom. The number of ketones is 1. The largest absolute Gasteiger partial charge is 0.467 e. The van der Waals surface area contributed by atoms with Gasteiger partial charge in [-0.1, -0.05) is 0 Å². The van der Waals surface area contributed by atoms with Crippen LogP contribution < -0.4 is 4.90 Å². The van der Waals surface area contributed by atoms with Crippen LogP contribution in [-0.2, 0) is 6.54 Å². The molecular formula is C14H16N2O2. The number of hydrogen-bond donors (Lipinski definition) is 0. The molecular weight excluding hydrogens is 228 g/mol. The first kappa shape index (κ1) is 12.4. The van der Waals surface area contributed by atoms with Gasteiger partial charge >= 0.3 is 0 Å². The van der Waals surface area contributed by atoms with E-state index in [9.17, 15) is 4.79 Å². The average Bonchev–Trinajstić information content (AvgIpc) is 2.89. The lowest BCUT2D eigenvalue weighted by Gasteiger charge is -2.21. The zero-order valence-electron chi connectivity index (χ0n) is 10.6. The van der Waals surface area contributed by atoms with Crippen molar-refractivity contribution in [3.8, 4) is 0 Å². The lowest BCUT2D eigenvalue weighted by Crippen LogP contribution is -2.21. The smallest absolute Gasteiger partial charge is 0.178 e. The van der Waals surface area contributed by atoms with E-state index in [2.05, 4.69) is 16.8 Å². The summed E-state index contributed by atoms with van der Waals surface area (Å²) in [5.41, 5.74) is 1.48. The summed E-state index contributed by atoms with van der Waals surface area (Å²) in [5.74, 6) is 0.892. The monoisotopic (exact) mass is 244 g/mol. The van der Waals surface area contributed by atoms with Crippen LogP contribution >= 0.6 is 0 Å². The van der Waals surface area contributed by atoms with Crippen LogP contribution in [0.2, 0.25) is 0 Å². The minimum absolute atomic E-state index is 0.0179. The van der Waals surface area contributed by atoms with Gasteiger partial charge in [-0.25, -0.2) is 0 Å². The molecule has 18 heavy (non-hydrogen) atoms. The number of aromatic nitrogens is 1. The molecule has 0 spiro atoms.